The molecule has 0 spiro atoms. The molecule has 1 atom stereocenters. The third-order valence-corrected chi connectivity index (χ3v) is 2.11. The Labute approximate surface area is 91.3 Å². The van der Waals surface area contributed by atoms with Crippen LogP contribution in [-0.4, -0.2) is 16.9 Å². The summed E-state index contributed by atoms with van der Waals surface area (Å²) in [5.74, 6) is 0.288. The van der Waals surface area contributed by atoms with Crippen molar-refractivity contribution in [3.63, 3.8) is 0 Å². The summed E-state index contributed by atoms with van der Waals surface area (Å²) >= 11 is 0. The van der Waals surface area contributed by atoms with Gasteiger partial charge >= 0.3 is 0 Å². The number of carbonyl (C=O) groups is 1. The number of anilines is 1. The van der Waals surface area contributed by atoms with Gasteiger partial charge in [-0.3, -0.25) is 9.59 Å². The molecule has 0 bridgehead atoms. The quantitative estimate of drug-likeness (QED) is 0.662. The van der Waals surface area contributed by atoms with Crippen LogP contribution in [0.4, 0.5) is 5.69 Å². The molecule has 6 heteroatoms. The number of hydroxylamine groups is 1. The zero-order valence-corrected chi connectivity index (χ0v) is 8.61. The summed E-state index contributed by atoms with van der Waals surface area (Å²) in [6, 6.07) is 2.60. The van der Waals surface area contributed by atoms with Crippen molar-refractivity contribution in [3.8, 4) is 0 Å². The van der Waals surface area contributed by atoms with Gasteiger partial charge in [-0.15, -0.1) is 5.48 Å². The van der Waals surface area contributed by atoms with Crippen LogP contribution in [-0.2, 0) is 9.63 Å². The van der Waals surface area contributed by atoms with Crippen molar-refractivity contribution >= 4 is 11.6 Å². The molecule has 1 aliphatic rings. The number of hydrogen-bond acceptors (Lipinski definition) is 4. The van der Waals surface area contributed by atoms with E-state index in [9.17, 15) is 9.59 Å². The predicted molar refractivity (Wildman–Crippen MR) is 57.5 cm³/mol. The molecule has 0 aliphatic carbocycles. The topological polar surface area (TPSA) is 83.2 Å². The van der Waals surface area contributed by atoms with E-state index in [0.717, 1.165) is 0 Å². The molecule has 6 nitrogen and oxygen atoms in total. The van der Waals surface area contributed by atoms with Gasteiger partial charge in [-0.25, -0.2) is 0 Å². The van der Waals surface area contributed by atoms with Crippen molar-refractivity contribution in [2.75, 3.05) is 5.32 Å². The first-order valence-electron chi connectivity index (χ1n) is 4.76. The normalized spacial score (nSPS) is 18.8. The molecule has 0 saturated heterocycles. The highest BCUT2D eigenvalue weighted by Crippen LogP contribution is 2.07. The lowest BCUT2D eigenvalue weighted by atomic mass is 10.2. The average molecular weight is 221 g/mol. The monoisotopic (exact) mass is 221 g/mol. The summed E-state index contributed by atoms with van der Waals surface area (Å²) in [5.41, 5.74) is 2.41. The molecule has 0 saturated carbocycles. The van der Waals surface area contributed by atoms with Crippen LogP contribution in [0.1, 0.15) is 6.92 Å². The van der Waals surface area contributed by atoms with Gasteiger partial charge in [0.25, 0.3) is 5.56 Å². The lowest BCUT2D eigenvalue weighted by molar-refractivity contribution is -0.118. The van der Waals surface area contributed by atoms with Crippen molar-refractivity contribution in [2.45, 2.75) is 13.0 Å². The Hall–Kier alpha value is -2.08. The fourth-order valence-electron chi connectivity index (χ4n) is 1.32. The number of allylic oxidation sites excluding steroid dienone is 1. The van der Waals surface area contributed by atoms with Crippen LogP contribution in [0.25, 0.3) is 0 Å². The van der Waals surface area contributed by atoms with Crippen molar-refractivity contribution in [1.29, 1.82) is 0 Å². The molecule has 1 aromatic rings. The van der Waals surface area contributed by atoms with Gasteiger partial charge in [-0.1, -0.05) is 0 Å². The van der Waals surface area contributed by atoms with Crippen LogP contribution < -0.4 is 16.4 Å². The Bertz CT molecular complexity index is 492. The van der Waals surface area contributed by atoms with Crippen molar-refractivity contribution in [3.05, 3.63) is 40.5 Å². The molecule has 0 radical (unpaired) electrons. The molecular weight excluding hydrogens is 210 g/mol. The molecule has 16 heavy (non-hydrogen) atoms. The summed E-state index contributed by atoms with van der Waals surface area (Å²) in [6.07, 6.45) is 3.13. The highest BCUT2D eigenvalue weighted by atomic mass is 16.7. The third kappa shape index (κ3) is 2.12. The van der Waals surface area contributed by atoms with E-state index in [4.69, 9.17) is 4.84 Å². The van der Waals surface area contributed by atoms with Crippen molar-refractivity contribution < 1.29 is 9.63 Å². The maximum Gasteiger partial charge on any atom is 0.271 e. The largest absolute Gasteiger partial charge is 0.413 e. The van der Waals surface area contributed by atoms with Crippen LogP contribution in [0.3, 0.4) is 0 Å². The third-order valence-electron chi connectivity index (χ3n) is 2.11. The number of amides is 1. The molecule has 0 fully saturated rings. The number of aromatic amines is 1. The van der Waals surface area contributed by atoms with Gasteiger partial charge in [0.2, 0.25) is 5.91 Å². The highest BCUT2D eigenvalue weighted by molar-refractivity contribution is 5.96. The Morgan fingerprint density at radius 1 is 1.56 bits per heavy atom. The first-order chi connectivity index (χ1) is 7.66. The standard InChI is InChI=1S/C10H11N3O3/c1-6-5-8(13-16-6)10(15)12-7-3-2-4-11-9(7)14/h2-5,8,13H,1H3,(H,11,14)(H,12,15). The van der Waals surface area contributed by atoms with Gasteiger partial charge in [-0.2, -0.15) is 0 Å². The van der Waals surface area contributed by atoms with Crippen LogP contribution in [0, 0.1) is 0 Å². The second kappa shape index (κ2) is 4.19. The molecule has 84 valence electrons. The number of aromatic nitrogens is 1. The lowest BCUT2D eigenvalue weighted by Crippen LogP contribution is -2.36. The second-order valence-electron chi connectivity index (χ2n) is 3.38. The summed E-state index contributed by atoms with van der Waals surface area (Å²) < 4.78 is 0. The van der Waals surface area contributed by atoms with E-state index < -0.39 is 6.04 Å². The van der Waals surface area contributed by atoms with E-state index in [-0.39, 0.29) is 17.2 Å². The van der Waals surface area contributed by atoms with Crippen molar-refractivity contribution in [2.24, 2.45) is 0 Å². The van der Waals surface area contributed by atoms with Crippen LogP contribution in [0.15, 0.2) is 35.0 Å². The lowest BCUT2D eigenvalue weighted by Gasteiger charge is -2.07. The number of rotatable bonds is 2. The fraction of sp³-hybridized carbons (Fsp3) is 0.200. The summed E-state index contributed by atoms with van der Waals surface area (Å²) in [7, 11) is 0. The van der Waals surface area contributed by atoms with E-state index >= 15 is 0 Å². The van der Waals surface area contributed by atoms with Gasteiger partial charge in [-0.05, 0) is 25.1 Å². The fourth-order valence-corrected chi connectivity index (χ4v) is 1.32. The van der Waals surface area contributed by atoms with Gasteiger partial charge < -0.3 is 15.1 Å². The molecule has 2 heterocycles. The smallest absolute Gasteiger partial charge is 0.271 e. The molecule has 1 unspecified atom stereocenters. The predicted octanol–water partition coefficient (Wildman–Crippen LogP) is 0.121. The Morgan fingerprint density at radius 2 is 2.38 bits per heavy atom. The summed E-state index contributed by atoms with van der Waals surface area (Å²) in [5, 5.41) is 2.50. The van der Waals surface area contributed by atoms with Gasteiger partial charge in [0.05, 0.1) is 0 Å². The van der Waals surface area contributed by atoms with E-state index in [1.807, 2.05) is 0 Å². The van der Waals surface area contributed by atoms with E-state index in [1.54, 1.807) is 19.1 Å². The Balaban J connectivity index is 2.09. The first-order valence-corrected chi connectivity index (χ1v) is 4.76. The maximum atomic E-state index is 11.7. The number of carbonyl (C=O) groups excluding carboxylic acids is 1. The Morgan fingerprint density at radius 3 is 3.00 bits per heavy atom. The molecule has 2 rings (SSSR count). The van der Waals surface area contributed by atoms with Crippen LogP contribution >= 0.6 is 0 Å². The van der Waals surface area contributed by atoms with E-state index in [0.29, 0.717) is 5.76 Å². The van der Waals surface area contributed by atoms with Crippen molar-refractivity contribution in [1.82, 2.24) is 10.5 Å². The molecule has 1 aromatic heterocycles. The molecule has 3 N–H and O–H groups in total. The Kier molecular flexibility index (Phi) is 2.74. The second-order valence-corrected chi connectivity index (χ2v) is 3.38. The van der Waals surface area contributed by atoms with Gasteiger partial charge in [0.1, 0.15) is 17.5 Å². The summed E-state index contributed by atoms with van der Waals surface area (Å²) in [6.45, 7) is 1.73. The zero-order chi connectivity index (χ0) is 11.5. The van der Waals surface area contributed by atoms with Gasteiger partial charge in [0.15, 0.2) is 0 Å². The minimum absolute atomic E-state index is 0.215. The minimum Gasteiger partial charge on any atom is -0.413 e. The minimum atomic E-state index is -0.570. The number of H-pyrrole nitrogens is 1. The molecule has 1 amide bonds. The van der Waals surface area contributed by atoms with Crippen LogP contribution in [0.2, 0.25) is 0 Å². The van der Waals surface area contributed by atoms with Gasteiger partial charge in [0, 0.05) is 6.20 Å². The number of nitrogens with one attached hydrogen (secondary N) is 3. The zero-order valence-electron chi connectivity index (χ0n) is 8.61. The number of pyridine rings is 1. The molecular formula is C10H11N3O3. The van der Waals surface area contributed by atoms with E-state index in [2.05, 4.69) is 15.8 Å². The highest BCUT2D eigenvalue weighted by Gasteiger charge is 2.22. The van der Waals surface area contributed by atoms with Crippen LogP contribution in [0.5, 0.6) is 0 Å². The average Bonchev–Trinajstić information content (AvgIpc) is 2.68. The maximum absolute atomic E-state index is 11.7. The SMILES string of the molecule is CC1=CC(C(=O)Nc2ccc[nH]c2=O)NO1. The number of hydrogen-bond donors (Lipinski definition) is 3. The first kappa shape index (κ1) is 10.4. The summed E-state index contributed by atoms with van der Waals surface area (Å²) in [4.78, 5) is 30.3. The van der Waals surface area contributed by atoms with E-state index in [1.165, 1.54) is 12.3 Å². The molecule has 1 aliphatic heterocycles. The molecule has 0 aromatic carbocycles.